The molecule has 0 bridgehead atoms. The van der Waals surface area contributed by atoms with Crippen molar-refractivity contribution in [2.24, 2.45) is 0 Å². The van der Waals surface area contributed by atoms with Crippen LogP contribution in [0.5, 0.6) is 11.5 Å². The number of aldehydes is 1. The second-order valence-electron chi connectivity index (χ2n) is 13.8. The molecule has 0 saturated heterocycles. The van der Waals surface area contributed by atoms with Crippen molar-refractivity contribution in [3.63, 3.8) is 0 Å². The molecule has 2 rings (SSSR count). The summed E-state index contributed by atoms with van der Waals surface area (Å²) < 4.78 is 12.2. The monoisotopic (exact) mass is 651 g/mol. The molecule has 0 aliphatic carbocycles. The standard InChI is InChI=1S/C43H70O4/c1-3-5-7-9-11-13-15-17-19-21-23-25-29-39-31-27-33-41(35-39)47-43(37-45)42(36-44)46-40-32-26-30-38(34-40)28-24-22-20-18-16-14-12-10-8-6-4-2/h26-27,30-35,37,42-44H,3-25,28-29,36H2,1-2H3. The molecule has 266 valence electrons. The number of carbonyl (C=O) groups excluding carboxylic acids is 1. The van der Waals surface area contributed by atoms with E-state index in [1.54, 1.807) is 0 Å². The van der Waals surface area contributed by atoms with Gasteiger partial charge in [0.2, 0.25) is 0 Å². The Morgan fingerprint density at radius 2 is 0.894 bits per heavy atom. The van der Waals surface area contributed by atoms with E-state index in [4.69, 9.17) is 9.47 Å². The summed E-state index contributed by atoms with van der Waals surface area (Å²) in [7, 11) is 0. The van der Waals surface area contributed by atoms with Crippen molar-refractivity contribution >= 4 is 6.29 Å². The molecule has 0 amide bonds. The van der Waals surface area contributed by atoms with Gasteiger partial charge in [-0.1, -0.05) is 173 Å². The number of aliphatic hydroxyl groups excluding tert-OH is 1. The molecule has 1 N–H and O–H groups in total. The first kappa shape index (κ1) is 40.8. The minimum Gasteiger partial charge on any atom is -0.484 e. The van der Waals surface area contributed by atoms with Crippen molar-refractivity contribution in [3.8, 4) is 11.5 Å². The summed E-state index contributed by atoms with van der Waals surface area (Å²) in [4.78, 5) is 12.1. The van der Waals surface area contributed by atoms with E-state index in [1.165, 1.54) is 152 Å². The van der Waals surface area contributed by atoms with Gasteiger partial charge in [-0.25, -0.2) is 0 Å². The van der Waals surface area contributed by atoms with Gasteiger partial charge >= 0.3 is 0 Å². The Morgan fingerprint density at radius 3 is 1.26 bits per heavy atom. The van der Waals surface area contributed by atoms with E-state index >= 15 is 0 Å². The number of aliphatic hydroxyl groups is 1. The molecule has 4 heteroatoms. The Morgan fingerprint density at radius 1 is 0.532 bits per heavy atom. The maximum absolute atomic E-state index is 12.1. The molecule has 0 aromatic heterocycles. The van der Waals surface area contributed by atoms with E-state index in [1.807, 2.05) is 36.4 Å². The van der Waals surface area contributed by atoms with Crippen molar-refractivity contribution in [2.45, 2.75) is 187 Å². The van der Waals surface area contributed by atoms with Gasteiger partial charge < -0.3 is 14.6 Å². The number of hydrogen-bond donors (Lipinski definition) is 1. The zero-order valence-electron chi connectivity index (χ0n) is 30.4. The number of benzene rings is 2. The SMILES string of the molecule is CCCCCCCCCCCCCCc1cccc(OC(C=O)C(CO)Oc2cccc(CCCCCCCCCCCCC)c2)c1. The van der Waals surface area contributed by atoms with Crippen LogP contribution in [0.2, 0.25) is 0 Å². The van der Waals surface area contributed by atoms with Crippen molar-refractivity contribution in [2.75, 3.05) is 6.61 Å². The predicted molar refractivity (Wildman–Crippen MR) is 200 cm³/mol. The number of ether oxygens (including phenoxy) is 2. The minimum absolute atomic E-state index is 0.301. The van der Waals surface area contributed by atoms with Crippen molar-refractivity contribution < 1.29 is 19.4 Å². The summed E-state index contributed by atoms with van der Waals surface area (Å²) >= 11 is 0. The lowest BCUT2D eigenvalue weighted by molar-refractivity contribution is -0.118. The molecule has 2 unspecified atom stereocenters. The molecule has 2 aromatic carbocycles. The Balaban J connectivity index is 1.67. The third kappa shape index (κ3) is 20.6. The van der Waals surface area contributed by atoms with E-state index in [0.717, 1.165) is 25.5 Å². The van der Waals surface area contributed by atoms with Crippen molar-refractivity contribution in [1.82, 2.24) is 0 Å². The van der Waals surface area contributed by atoms with Crippen LogP contribution in [0, 0.1) is 0 Å². The van der Waals surface area contributed by atoms with E-state index in [-0.39, 0.29) is 6.61 Å². The van der Waals surface area contributed by atoms with Crippen LogP contribution >= 0.6 is 0 Å². The summed E-state index contributed by atoms with van der Waals surface area (Å²) in [6.07, 6.45) is 31.9. The van der Waals surface area contributed by atoms with Gasteiger partial charge in [0.25, 0.3) is 0 Å². The highest BCUT2D eigenvalue weighted by Crippen LogP contribution is 2.22. The Bertz CT molecular complexity index is 1000. The second kappa shape index (κ2) is 28.7. The van der Waals surface area contributed by atoms with E-state index in [2.05, 4.69) is 26.0 Å². The molecule has 0 heterocycles. The molecule has 4 nitrogen and oxygen atoms in total. The van der Waals surface area contributed by atoms with Crippen LogP contribution in [-0.2, 0) is 17.6 Å². The highest BCUT2D eigenvalue weighted by atomic mass is 16.6. The summed E-state index contributed by atoms with van der Waals surface area (Å²) in [6, 6.07) is 16.1. The fourth-order valence-electron chi connectivity index (χ4n) is 6.44. The first-order valence-corrected chi connectivity index (χ1v) is 19.8. The van der Waals surface area contributed by atoms with Crippen LogP contribution in [-0.4, -0.2) is 30.2 Å². The highest BCUT2D eigenvalue weighted by Gasteiger charge is 2.24. The number of unbranched alkanes of at least 4 members (excludes halogenated alkanes) is 21. The van der Waals surface area contributed by atoms with Crippen LogP contribution in [0.25, 0.3) is 0 Å². The molecule has 0 radical (unpaired) electrons. The van der Waals surface area contributed by atoms with Gasteiger partial charge in [0.1, 0.15) is 11.5 Å². The van der Waals surface area contributed by atoms with Crippen molar-refractivity contribution in [1.29, 1.82) is 0 Å². The first-order chi connectivity index (χ1) is 23.2. The molecule has 47 heavy (non-hydrogen) atoms. The summed E-state index contributed by atoms with van der Waals surface area (Å²) in [6.45, 7) is 4.25. The second-order valence-corrected chi connectivity index (χ2v) is 13.8. The predicted octanol–water partition coefficient (Wildman–Crippen LogP) is 12.2. The normalized spacial score (nSPS) is 12.6. The summed E-state index contributed by atoms with van der Waals surface area (Å²) in [5.41, 5.74) is 2.44. The number of hydrogen-bond acceptors (Lipinski definition) is 4. The summed E-state index contributed by atoms with van der Waals surface area (Å²) in [5, 5.41) is 10.1. The molecule has 2 atom stereocenters. The average molecular weight is 651 g/mol. The van der Waals surface area contributed by atoms with Gasteiger partial charge in [-0.2, -0.15) is 0 Å². The maximum Gasteiger partial charge on any atom is 0.192 e. The fraction of sp³-hybridized carbons (Fsp3) is 0.698. The van der Waals surface area contributed by atoms with Crippen LogP contribution in [0.1, 0.15) is 173 Å². The topological polar surface area (TPSA) is 55.8 Å². The minimum atomic E-state index is -0.891. The molecular weight excluding hydrogens is 580 g/mol. The Hall–Kier alpha value is -2.33. The smallest absolute Gasteiger partial charge is 0.192 e. The largest absolute Gasteiger partial charge is 0.484 e. The Labute approximate surface area is 289 Å². The zero-order valence-corrected chi connectivity index (χ0v) is 30.4. The summed E-state index contributed by atoms with van der Waals surface area (Å²) in [5.74, 6) is 1.31. The average Bonchev–Trinajstić information content (AvgIpc) is 3.09. The first-order valence-electron chi connectivity index (χ1n) is 19.8. The van der Waals surface area contributed by atoms with Crippen LogP contribution in [0.4, 0.5) is 0 Å². The third-order valence-electron chi connectivity index (χ3n) is 9.43. The third-order valence-corrected chi connectivity index (χ3v) is 9.43. The van der Waals surface area contributed by atoms with Crippen molar-refractivity contribution in [3.05, 3.63) is 59.7 Å². The maximum atomic E-state index is 12.1. The zero-order chi connectivity index (χ0) is 33.6. The molecular formula is C43H70O4. The highest BCUT2D eigenvalue weighted by molar-refractivity contribution is 5.58. The molecule has 0 aliphatic heterocycles. The number of rotatable bonds is 32. The van der Waals surface area contributed by atoms with Crippen LogP contribution in [0.15, 0.2) is 48.5 Å². The molecule has 0 fully saturated rings. The van der Waals surface area contributed by atoms with Gasteiger partial charge in [0, 0.05) is 0 Å². The number of aryl methyl sites for hydroxylation is 2. The van der Waals surface area contributed by atoms with Gasteiger partial charge in [-0.15, -0.1) is 0 Å². The van der Waals surface area contributed by atoms with E-state index < -0.39 is 12.2 Å². The van der Waals surface area contributed by atoms with E-state index in [9.17, 15) is 9.90 Å². The molecule has 2 aromatic rings. The Kier molecular flexibility index (Phi) is 24.9. The lowest BCUT2D eigenvalue weighted by atomic mass is 10.0. The van der Waals surface area contributed by atoms with Crippen LogP contribution < -0.4 is 9.47 Å². The van der Waals surface area contributed by atoms with Gasteiger partial charge in [0.15, 0.2) is 18.5 Å². The number of carbonyl (C=O) groups is 1. The van der Waals surface area contributed by atoms with Gasteiger partial charge in [-0.05, 0) is 61.1 Å². The molecule has 0 aliphatic rings. The van der Waals surface area contributed by atoms with E-state index in [0.29, 0.717) is 11.5 Å². The lowest BCUT2D eigenvalue weighted by Crippen LogP contribution is -2.40. The molecule has 0 saturated carbocycles. The van der Waals surface area contributed by atoms with Gasteiger partial charge in [0.05, 0.1) is 6.61 Å². The quantitative estimate of drug-likeness (QED) is 0.0632. The van der Waals surface area contributed by atoms with Crippen LogP contribution in [0.3, 0.4) is 0 Å². The molecule has 0 spiro atoms. The lowest BCUT2D eigenvalue weighted by Gasteiger charge is -2.24. The van der Waals surface area contributed by atoms with Gasteiger partial charge in [-0.3, -0.25) is 4.79 Å². The fourth-order valence-corrected chi connectivity index (χ4v) is 6.44.